The van der Waals surface area contributed by atoms with Gasteiger partial charge in [-0.2, -0.15) is 0 Å². The molecule has 5 aliphatic carbocycles. The molecule has 1 aliphatic heterocycles. The van der Waals surface area contributed by atoms with Crippen LogP contribution in [0.1, 0.15) is 109 Å². The average Bonchev–Trinajstić information content (AvgIpc) is 1.91. The minimum absolute atomic E-state index is 0.109. The summed E-state index contributed by atoms with van der Waals surface area (Å²) >= 11 is 0. The van der Waals surface area contributed by atoms with Gasteiger partial charge in [-0.25, -0.2) is 15.0 Å². The van der Waals surface area contributed by atoms with E-state index in [1.807, 2.05) is 0 Å². The molecule has 0 spiro atoms. The van der Waals surface area contributed by atoms with E-state index in [1.54, 1.807) is 0 Å². The van der Waals surface area contributed by atoms with E-state index in [-0.39, 0.29) is 28.7 Å². The first-order chi connectivity index (χ1) is 42.5. The Kier molecular flexibility index (Phi) is 10.6. The first-order valence-electron chi connectivity index (χ1n) is 30.7. The number of fused-ring (bicyclic) bond motifs is 18. The van der Waals surface area contributed by atoms with E-state index in [2.05, 4.69) is 270 Å². The number of amidine groups is 1. The lowest BCUT2D eigenvalue weighted by Gasteiger charge is -2.37. The van der Waals surface area contributed by atoms with Gasteiger partial charge in [0.25, 0.3) is 0 Å². The van der Waals surface area contributed by atoms with E-state index in [4.69, 9.17) is 23.8 Å². The summed E-state index contributed by atoms with van der Waals surface area (Å²) in [6.07, 6.45) is 15.8. The lowest BCUT2D eigenvalue weighted by molar-refractivity contribution is 0.422. The Morgan fingerprint density at radius 1 is 0.483 bits per heavy atom. The van der Waals surface area contributed by atoms with Gasteiger partial charge in [0.15, 0.2) is 11.3 Å². The Balaban J connectivity index is 0.815. The van der Waals surface area contributed by atoms with Gasteiger partial charge < -0.3 is 13.7 Å². The zero-order valence-corrected chi connectivity index (χ0v) is 49.2. The first-order valence-corrected chi connectivity index (χ1v) is 30.7. The maximum absolute atomic E-state index is 6.86. The number of hydrogen-bond donors (Lipinski definition) is 0. The zero-order chi connectivity index (χ0) is 58.0. The van der Waals surface area contributed by atoms with Crippen LogP contribution in [0.2, 0.25) is 0 Å². The molecule has 0 saturated heterocycles. The van der Waals surface area contributed by atoms with Crippen molar-refractivity contribution in [3.63, 3.8) is 0 Å². The standard InChI is InChI=1S/C81H60N4O2/c1-80(2)67-28-16-14-22-57(67)59-40-38-50(44-69(59)80)52-42-65(51-39-41-60-58-23-15-17-29-68(58)81(3,4)70(60)45-51)71-66(43-52)74(46-30-34-48(35-31-46)78-83-72-61-24-10-6-18-53(61)55-20-8-12-26-63(55)75(72)86-78)85(5)77(82-71)47-32-36-49(37-33-47)79-84-73-62-25-11-7-19-54(62)56-21-9-13-27-64(56)76(73)87-79/h6-13,15-21,23-45,53,61,74H,14,22H2,1-5H3. The second kappa shape index (κ2) is 18.4. The number of rotatable bonds is 6. The lowest BCUT2D eigenvalue weighted by Crippen LogP contribution is -2.35. The van der Waals surface area contributed by atoms with Crippen molar-refractivity contribution in [3.05, 3.63) is 286 Å². The molecule has 10 aromatic carbocycles. The molecule has 6 heteroatoms. The topological polar surface area (TPSA) is 67.7 Å². The Morgan fingerprint density at radius 2 is 1.10 bits per heavy atom. The van der Waals surface area contributed by atoms with Crippen LogP contribution in [0.15, 0.2) is 250 Å². The molecular formula is C81H60N4O2. The third-order valence-corrected chi connectivity index (χ3v) is 20.3. The number of oxazole rings is 2. The van der Waals surface area contributed by atoms with Crippen LogP contribution in [0.5, 0.6) is 0 Å². The van der Waals surface area contributed by atoms with Gasteiger partial charge in [-0.3, -0.25) is 0 Å². The third-order valence-electron chi connectivity index (χ3n) is 20.3. The van der Waals surface area contributed by atoms with Crippen molar-refractivity contribution in [2.45, 2.75) is 69.2 Å². The van der Waals surface area contributed by atoms with Gasteiger partial charge in [-0.1, -0.05) is 210 Å². The first kappa shape index (κ1) is 50.2. The summed E-state index contributed by atoms with van der Waals surface area (Å²) in [4.78, 5) is 18.8. The highest BCUT2D eigenvalue weighted by Crippen LogP contribution is 2.56. The molecule has 0 N–H and O–H groups in total. The number of allylic oxidation sites excluding steroid dienone is 8. The maximum Gasteiger partial charge on any atom is 0.227 e. The number of benzene rings is 10. The maximum atomic E-state index is 6.86. The van der Waals surface area contributed by atoms with Crippen molar-refractivity contribution in [3.8, 4) is 67.6 Å². The summed E-state index contributed by atoms with van der Waals surface area (Å²) in [7, 11) is 2.20. The highest BCUT2D eigenvalue weighted by atomic mass is 16.4. The van der Waals surface area contributed by atoms with Crippen LogP contribution in [0, 0.1) is 0 Å². The van der Waals surface area contributed by atoms with Gasteiger partial charge >= 0.3 is 0 Å². The monoisotopic (exact) mass is 1120 g/mol. The molecule has 3 unspecified atom stereocenters. The lowest BCUT2D eigenvalue weighted by atomic mass is 9.74. The molecule has 87 heavy (non-hydrogen) atoms. The zero-order valence-electron chi connectivity index (χ0n) is 49.2. The normalized spacial score (nSPS) is 18.7. The van der Waals surface area contributed by atoms with E-state index in [9.17, 15) is 0 Å². The van der Waals surface area contributed by atoms with E-state index in [0.717, 1.165) is 108 Å². The minimum atomic E-state index is -0.247. The summed E-state index contributed by atoms with van der Waals surface area (Å²) in [6, 6.07) is 71.1. The van der Waals surface area contributed by atoms with Gasteiger partial charge in [-0.15, -0.1) is 0 Å². The molecule has 12 aromatic rings. The molecule has 0 saturated carbocycles. The molecule has 3 atom stereocenters. The van der Waals surface area contributed by atoms with E-state index in [1.165, 1.54) is 66.6 Å². The molecular weight excluding hydrogens is 1060 g/mol. The Bertz CT molecular complexity index is 5060. The Morgan fingerprint density at radius 3 is 1.92 bits per heavy atom. The van der Waals surface area contributed by atoms with Crippen LogP contribution in [0.4, 0.5) is 5.69 Å². The van der Waals surface area contributed by atoms with Crippen LogP contribution in [0.25, 0.3) is 106 Å². The Labute approximate surface area is 505 Å². The highest BCUT2D eigenvalue weighted by Gasteiger charge is 2.41. The van der Waals surface area contributed by atoms with Crippen LogP contribution >= 0.6 is 0 Å². The average molecular weight is 1120 g/mol. The highest BCUT2D eigenvalue weighted by molar-refractivity contribution is 6.23. The largest absolute Gasteiger partial charge is 0.436 e. The van der Waals surface area contributed by atoms with Crippen molar-refractivity contribution in [1.82, 2.24) is 14.9 Å². The predicted octanol–water partition coefficient (Wildman–Crippen LogP) is 20.6. The Hall–Kier alpha value is -10.2. The van der Waals surface area contributed by atoms with E-state index < -0.39 is 0 Å². The number of aliphatic imine (C=N–C) groups is 1. The van der Waals surface area contributed by atoms with E-state index in [0.29, 0.717) is 11.8 Å². The van der Waals surface area contributed by atoms with Crippen LogP contribution in [0.3, 0.4) is 0 Å². The number of nitrogens with zero attached hydrogens (tertiary/aromatic N) is 4. The minimum Gasteiger partial charge on any atom is -0.436 e. The second-order valence-electron chi connectivity index (χ2n) is 25.7. The van der Waals surface area contributed by atoms with Crippen molar-refractivity contribution >= 4 is 49.7 Å². The molecule has 416 valence electrons. The second-order valence-corrected chi connectivity index (χ2v) is 25.7. The summed E-state index contributed by atoms with van der Waals surface area (Å²) in [5.41, 5.74) is 26.4. The molecule has 0 amide bonds. The molecule has 2 aromatic heterocycles. The molecule has 6 nitrogen and oxygen atoms in total. The molecule has 0 fully saturated rings. The predicted molar refractivity (Wildman–Crippen MR) is 355 cm³/mol. The molecule has 6 aliphatic rings. The fraction of sp³-hybridized carbons (Fsp3) is 0.148. The molecule has 3 heterocycles. The van der Waals surface area contributed by atoms with Crippen molar-refractivity contribution < 1.29 is 8.83 Å². The van der Waals surface area contributed by atoms with E-state index >= 15 is 0 Å². The summed E-state index contributed by atoms with van der Waals surface area (Å²) in [6.45, 7) is 9.54. The summed E-state index contributed by atoms with van der Waals surface area (Å²) in [5, 5.41) is 4.45. The van der Waals surface area contributed by atoms with Gasteiger partial charge in [0.2, 0.25) is 11.8 Å². The SMILES string of the molecule is CN1C(c2ccc(-c3nc4c5ccccc5c5ccccc5c4o3)cc2)=Nc2c(-c3ccc4c(c3)C(C)(C)c3ccccc3-4)cc(-c3ccc4c(c3)C(C)(C)C3=C4CCC=C3)cc2C1c1ccc(-c2nc3c(o2)-c2ccccc2C2C=CC=CC32)cc1. The van der Waals surface area contributed by atoms with Gasteiger partial charge in [0.05, 0.1) is 17.4 Å². The van der Waals surface area contributed by atoms with Crippen molar-refractivity contribution in [1.29, 1.82) is 0 Å². The van der Waals surface area contributed by atoms with Gasteiger partial charge in [-0.05, 0) is 144 Å². The number of aromatic nitrogens is 2. The smallest absolute Gasteiger partial charge is 0.227 e. The summed E-state index contributed by atoms with van der Waals surface area (Å²) in [5.74, 6) is 3.26. The van der Waals surface area contributed by atoms with Crippen LogP contribution in [-0.4, -0.2) is 27.8 Å². The molecule has 18 rings (SSSR count). The fourth-order valence-electron chi connectivity index (χ4n) is 15.9. The van der Waals surface area contributed by atoms with Crippen LogP contribution < -0.4 is 0 Å². The van der Waals surface area contributed by atoms with Gasteiger partial charge in [0, 0.05) is 73.9 Å². The third kappa shape index (κ3) is 7.31. The number of hydrogen-bond acceptors (Lipinski definition) is 6. The van der Waals surface area contributed by atoms with Crippen molar-refractivity contribution in [2.75, 3.05) is 7.05 Å². The van der Waals surface area contributed by atoms with Gasteiger partial charge in [0.1, 0.15) is 11.4 Å². The molecule has 0 bridgehead atoms. The quantitative estimate of drug-likeness (QED) is 0.155. The fourth-order valence-corrected chi connectivity index (χ4v) is 15.9. The van der Waals surface area contributed by atoms with Crippen molar-refractivity contribution in [2.24, 2.45) is 4.99 Å². The summed E-state index contributed by atoms with van der Waals surface area (Å²) < 4.78 is 13.6. The molecule has 0 radical (unpaired) electrons. The van der Waals surface area contributed by atoms with Crippen LogP contribution in [-0.2, 0) is 10.8 Å².